The SMILES string of the molecule is Cc1ccccc1COCC(C)(C)O. The van der Waals surface area contributed by atoms with E-state index in [0.29, 0.717) is 13.2 Å². The van der Waals surface area contributed by atoms with E-state index in [1.54, 1.807) is 13.8 Å². The Balaban J connectivity index is 2.43. The van der Waals surface area contributed by atoms with Crippen LogP contribution in [0.25, 0.3) is 0 Å². The second kappa shape index (κ2) is 4.58. The van der Waals surface area contributed by atoms with Crippen molar-refractivity contribution in [2.24, 2.45) is 0 Å². The summed E-state index contributed by atoms with van der Waals surface area (Å²) in [5.74, 6) is 0. The molecule has 0 radical (unpaired) electrons. The average molecular weight is 194 g/mol. The van der Waals surface area contributed by atoms with Gasteiger partial charge in [0.25, 0.3) is 0 Å². The number of benzene rings is 1. The molecule has 0 fully saturated rings. The molecule has 0 aliphatic carbocycles. The van der Waals surface area contributed by atoms with Gasteiger partial charge in [0.1, 0.15) is 0 Å². The smallest absolute Gasteiger partial charge is 0.0824 e. The topological polar surface area (TPSA) is 29.5 Å². The number of ether oxygens (including phenoxy) is 1. The normalized spacial score (nSPS) is 11.7. The molecule has 1 rings (SSSR count). The van der Waals surface area contributed by atoms with Crippen molar-refractivity contribution in [1.82, 2.24) is 0 Å². The zero-order valence-electron chi connectivity index (χ0n) is 9.08. The zero-order valence-corrected chi connectivity index (χ0v) is 9.08. The number of aryl methyl sites for hydroxylation is 1. The number of hydrogen-bond donors (Lipinski definition) is 1. The first-order chi connectivity index (χ1) is 6.49. The molecule has 0 amide bonds. The number of aliphatic hydroxyl groups is 1. The summed E-state index contributed by atoms with van der Waals surface area (Å²) in [6.45, 7) is 6.47. The van der Waals surface area contributed by atoms with Gasteiger partial charge in [-0.1, -0.05) is 24.3 Å². The van der Waals surface area contributed by atoms with E-state index in [9.17, 15) is 5.11 Å². The van der Waals surface area contributed by atoms with Crippen LogP contribution in [0.5, 0.6) is 0 Å². The van der Waals surface area contributed by atoms with Crippen molar-refractivity contribution in [3.05, 3.63) is 35.4 Å². The summed E-state index contributed by atoms with van der Waals surface area (Å²) in [6, 6.07) is 8.10. The number of hydrogen-bond acceptors (Lipinski definition) is 2. The Morgan fingerprint density at radius 2 is 1.93 bits per heavy atom. The monoisotopic (exact) mass is 194 g/mol. The molecule has 14 heavy (non-hydrogen) atoms. The van der Waals surface area contributed by atoms with Gasteiger partial charge in [0.2, 0.25) is 0 Å². The first-order valence-electron chi connectivity index (χ1n) is 4.84. The molecule has 2 nitrogen and oxygen atoms in total. The summed E-state index contributed by atoms with van der Waals surface area (Å²) in [6.07, 6.45) is 0. The standard InChI is InChI=1S/C12H18O2/c1-10-6-4-5-7-11(10)8-14-9-12(2,3)13/h4-7,13H,8-9H2,1-3H3. The van der Waals surface area contributed by atoms with Crippen LogP contribution in [-0.4, -0.2) is 17.3 Å². The van der Waals surface area contributed by atoms with Gasteiger partial charge in [0.15, 0.2) is 0 Å². The Bertz CT molecular complexity index is 287. The van der Waals surface area contributed by atoms with Gasteiger partial charge in [0.05, 0.1) is 18.8 Å². The van der Waals surface area contributed by atoms with E-state index in [4.69, 9.17) is 4.74 Å². The minimum atomic E-state index is -0.747. The van der Waals surface area contributed by atoms with Gasteiger partial charge in [-0.3, -0.25) is 0 Å². The predicted octanol–water partition coefficient (Wildman–Crippen LogP) is 2.28. The molecule has 0 saturated carbocycles. The zero-order chi connectivity index (χ0) is 10.6. The Labute approximate surface area is 85.5 Å². The van der Waals surface area contributed by atoms with Gasteiger partial charge >= 0.3 is 0 Å². The molecule has 0 aliphatic rings. The molecule has 0 aliphatic heterocycles. The van der Waals surface area contributed by atoms with E-state index in [1.165, 1.54) is 11.1 Å². The Morgan fingerprint density at radius 1 is 1.29 bits per heavy atom. The molecule has 0 spiro atoms. The molecule has 1 aromatic carbocycles. The third-order valence-electron chi connectivity index (χ3n) is 1.97. The lowest BCUT2D eigenvalue weighted by atomic mass is 10.1. The first-order valence-corrected chi connectivity index (χ1v) is 4.84. The van der Waals surface area contributed by atoms with Gasteiger partial charge in [-0.05, 0) is 31.9 Å². The van der Waals surface area contributed by atoms with E-state index < -0.39 is 5.60 Å². The Hall–Kier alpha value is -0.860. The van der Waals surface area contributed by atoms with Gasteiger partial charge in [-0.25, -0.2) is 0 Å². The van der Waals surface area contributed by atoms with E-state index >= 15 is 0 Å². The van der Waals surface area contributed by atoms with Crippen molar-refractivity contribution in [2.75, 3.05) is 6.61 Å². The molecule has 0 aromatic heterocycles. The third-order valence-corrected chi connectivity index (χ3v) is 1.97. The minimum Gasteiger partial charge on any atom is -0.388 e. The second-order valence-electron chi connectivity index (χ2n) is 4.23. The van der Waals surface area contributed by atoms with Crippen molar-refractivity contribution >= 4 is 0 Å². The highest BCUT2D eigenvalue weighted by atomic mass is 16.5. The molecule has 0 bridgehead atoms. The molecule has 0 atom stereocenters. The number of rotatable bonds is 4. The summed E-state index contributed by atoms with van der Waals surface area (Å²) in [5.41, 5.74) is 1.66. The van der Waals surface area contributed by atoms with Crippen LogP contribution in [0.3, 0.4) is 0 Å². The van der Waals surface area contributed by atoms with E-state index in [0.717, 1.165) is 0 Å². The van der Waals surface area contributed by atoms with Crippen molar-refractivity contribution in [1.29, 1.82) is 0 Å². The summed E-state index contributed by atoms with van der Waals surface area (Å²) in [4.78, 5) is 0. The Morgan fingerprint density at radius 3 is 2.50 bits per heavy atom. The molecule has 1 aromatic rings. The molecule has 0 heterocycles. The summed E-state index contributed by atoms with van der Waals surface area (Å²) in [5, 5.41) is 9.44. The largest absolute Gasteiger partial charge is 0.388 e. The second-order valence-corrected chi connectivity index (χ2v) is 4.23. The lowest BCUT2D eigenvalue weighted by Gasteiger charge is -2.17. The van der Waals surface area contributed by atoms with Crippen LogP contribution in [0.15, 0.2) is 24.3 Å². The molecule has 78 valence electrons. The van der Waals surface area contributed by atoms with Crippen LogP contribution in [0, 0.1) is 6.92 Å². The van der Waals surface area contributed by atoms with E-state index in [2.05, 4.69) is 13.0 Å². The van der Waals surface area contributed by atoms with Crippen molar-refractivity contribution in [3.63, 3.8) is 0 Å². The van der Waals surface area contributed by atoms with Gasteiger partial charge in [0, 0.05) is 0 Å². The van der Waals surface area contributed by atoms with Crippen molar-refractivity contribution in [2.45, 2.75) is 33.0 Å². The molecule has 0 saturated heterocycles. The van der Waals surface area contributed by atoms with Crippen LogP contribution in [-0.2, 0) is 11.3 Å². The fourth-order valence-corrected chi connectivity index (χ4v) is 1.18. The summed E-state index contributed by atoms with van der Waals surface area (Å²) < 4.78 is 5.41. The maximum Gasteiger partial charge on any atom is 0.0824 e. The third kappa shape index (κ3) is 3.90. The lowest BCUT2D eigenvalue weighted by molar-refractivity contribution is -0.0270. The predicted molar refractivity (Wildman–Crippen MR) is 57.1 cm³/mol. The molecular weight excluding hydrogens is 176 g/mol. The van der Waals surface area contributed by atoms with Crippen LogP contribution in [0.4, 0.5) is 0 Å². The van der Waals surface area contributed by atoms with Crippen LogP contribution >= 0.6 is 0 Å². The summed E-state index contributed by atoms with van der Waals surface area (Å²) >= 11 is 0. The molecule has 2 heteroatoms. The highest BCUT2D eigenvalue weighted by Gasteiger charge is 2.12. The fourth-order valence-electron chi connectivity index (χ4n) is 1.18. The van der Waals surface area contributed by atoms with Gasteiger partial charge in [-0.2, -0.15) is 0 Å². The van der Waals surface area contributed by atoms with Crippen molar-refractivity contribution in [3.8, 4) is 0 Å². The maximum atomic E-state index is 9.44. The van der Waals surface area contributed by atoms with Crippen molar-refractivity contribution < 1.29 is 9.84 Å². The fraction of sp³-hybridized carbons (Fsp3) is 0.500. The average Bonchev–Trinajstić information content (AvgIpc) is 2.06. The van der Waals surface area contributed by atoms with E-state index in [1.807, 2.05) is 18.2 Å². The highest BCUT2D eigenvalue weighted by Crippen LogP contribution is 2.10. The van der Waals surface area contributed by atoms with Gasteiger partial charge in [-0.15, -0.1) is 0 Å². The van der Waals surface area contributed by atoms with Crippen LogP contribution in [0.1, 0.15) is 25.0 Å². The molecular formula is C12H18O2. The van der Waals surface area contributed by atoms with E-state index in [-0.39, 0.29) is 0 Å². The quantitative estimate of drug-likeness (QED) is 0.796. The molecule has 0 unspecified atom stereocenters. The molecule has 1 N–H and O–H groups in total. The van der Waals surface area contributed by atoms with Crippen LogP contribution < -0.4 is 0 Å². The van der Waals surface area contributed by atoms with Crippen LogP contribution in [0.2, 0.25) is 0 Å². The Kier molecular flexibility index (Phi) is 3.67. The lowest BCUT2D eigenvalue weighted by Crippen LogP contribution is -2.25. The first kappa shape index (κ1) is 11.2. The maximum absolute atomic E-state index is 9.44. The minimum absolute atomic E-state index is 0.362. The summed E-state index contributed by atoms with van der Waals surface area (Å²) in [7, 11) is 0. The highest BCUT2D eigenvalue weighted by molar-refractivity contribution is 5.24. The van der Waals surface area contributed by atoms with Gasteiger partial charge < -0.3 is 9.84 Å².